The normalized spacial score (nSPS) is 9.45. The third-order valence-corrected chi connectivity index (χ3v) is 2.44. The fourth-order valence-corrected chi connectivity index (χ4v) is 1.32. The van der Waals surface area contributed by atoms with Gasteiger partial charge in [-0.15, -0.1) is 18.3 Å². The maximum Gasteiger partial charge on any atom is 0.115 e. The summed E-state index contributed by atoms with van der Waals surface area (Å²) in [6, 6.07) is 3.93. The Balaban J connectivity index is -0.000000310. The molecule has 1 aromatic rings. The SMILES string of the molecule is C=CCS/C([NH-])=N/N=C/c1ccc(O)cc1[O-].CO.[Mo].[O-2].[O-2]. The molecule has 0 aliphatic heterocycles. The van der Waals surface area contributed by atoms with Crippen LogP contribution in [0.3, 0.4) is 0 Å². The fourth-order valence-electron chi connectivity index (χ4n) is 0.940. The fraction of sp³-hybridized carbons (Fsp3) is 0.167. The zero-order valence-corrected chi connectivity index (χ0v) is 14.5. The predicted octanol–water partition coefficient (Wildman–Crippen LogP) is 1.50. The number of aliphatic hydroxyl groups is 1. The number of aliphatic hydroxyl groups excluding tert-OH is 1. The molecule has 8 nitrogen and oxygen atoms in total. The first-order valence-electron chi connectivity index (χ1n) is 5.14. The zero-order valence-electron chi connectivity index (χ0n) is 11.6. The van der Waals surface area contributed by atoms with E-state index in [0.29, 0.717) is 11.3 Å². The van der Waals surface area contributed by atoms with Gasteiger partial charge in [0.05, 0.1) is 0 Å². The Labute approximate surface area is 147 Å². The first-order valence-corrected chi connectivity index (χ1v) is 6.13. The summed E-state index contributed by atoms with van der Waals surface area (Å²) < 4.78 is 0. The van der Waals surface area contributed by atoms with Gasteiger partial charge >= 0.3 is 0 Å². The van der Waals surface area contributed by atoms with Crippen LogP contribution in [0, 0.1) is 0 Å². The maximum absolute atomic E-state index is 11.3. The van der Waals surface area contributed by atoms with Crippen molar-refractivity contribution in [2.45, 2.75) is 0 Å². The van der Waals surface area contributed by atoms with Crippen molar-refractivity contribution in [2.24, 2.45) is 10.2 Å². The van der Waals surface area contributed by atoms with Crippen molar-refractivity contribution in [1.82, 2.24) is 0 Å². The van der Waals surface area contributed by atoms with Gasteiger partial charge in [0.2, 0.25) is 0 Å². The summed E-state index contributed by atoms with van der Waals surface area (Å²) in [7, 11) is 1.00. The number of rotatable bonds is 4. The van der Waals surface area contributed by atoms with Crippen LogP contribution in [0.15, 0.2) is 41.1 Å². The minimum atomic E-state index is -0.339. The van der Waals surface area contributed by atoms with Crippen molar-refractivity contribution in [2.75, 3.05) is 12.9 Å². The summed E-state index contributed by atoms with van der Waals surface area (Å²) in [5, 5.41) is 34.6. The van der Waals surface area contributed by atoms with Crippen LogP contribution in [0.2, 0.25) is 0 Å². The number of phenolic OH excluding ortho intramolecular Hbond substituents is 1. The molecule has 3 N–H and O–H groups in total. The second kappa shape index (κ2) is 17.7. The number of benzene rings is 1. The van der Waals surface area contributed by atoms with E-state index in [2.05, 4.69) is 16.8 Å². The third-order valence-electron chi connectivity index (χ3n) is 1.68. The van der Waals surface area contributed by atoms with E-state index in [-0.39, 0.29) is 48.7 Å². The number of nitrogens with zero attached hydrogens (tertiary/aromatic N) is 2. The minimum Gasteiger partial charge on any atom is -2.00 e. The van der Waals surface area contributed by atoms with Crippen molar-refractivity contribution in [1.29, 1.82) is 0 Å². The van der Waals surface area contributed by atoms with Crippen molar-refractivity contribution < 1.29 is 47.3 Å². The van der Waals surface area contributed by atoms with Crippen LogP contribution in [0.4, 0.5) is 0 Å². The van der Waals surface area contributed by atoms with E-state index in [1.807, 2.05) is 0 Å². The van der Waals surface area contributed by atoms with Gasteiger partial charge in [-0.3, -0.25) is 5.10 Å². The Morgan fingerprint density at radius 2 is 2.00 bits per heavy atom. The van der Waals surface area contributed by atoms with Crippen LogP contribution >= 0.6 is 11.8 Å². The van der Waals surface area contributed by atoms with Crippen LogP contribution in [-0.2, 0) is 32.0 Å². The Bertz CT molecular complexity index is 472. The first-order chi connectivity index (χ1) is 9.13. The van der Waals surface area contributed by atoms with Crippen LogP contribution in [0.1, 0.15) is 5.56 Å². The molecule has 0 saturated heterocycles. The molecule has 0 spiro atoms. The largest absolute Gasteiger partial charge is 2.00 e. The number of hydrogen-bond acceptors (Lipinski definition) is 6. The average molecular weight is 409 g/mol. The molecule has 0 radical (unpaired) electrons. The van der Waals surface area contributed by atoms with Gasteiger partial charge in [-0.2, -0.15) is 0 Å². The second-order valence-corrected chi connectivity index (χ2v) is 3.98. The monoisotopic (exact) mass is 411 g/mol. The summed E-state index contributed by atoms with van der Waals surface area (Å²) in [4.78, 5) is 0. The molecule has 0 aromatic heterocycles. The van der Waals surface area contributed by atoms with Crippen LogP contribution in [-0.4, -0.2) is 34.5 Å². The summed E-state index contributed by atoms with van der Waals surface area (Å²) in [5.74, 6) is 0.164. The van der Waals surface area contributed by atoms with Gasteiger partial charge in [-0.05, 0) is 22.9 Å². The number of aromatic hydroxyl groups is 1. The van der Waals surface area contributed by atoms with Gasteiger partial charge in [-0.25, -0.2) is 0 Å². The summed E-state index contributed by atoms with van der Waals surface area (Å²) in [5.41, 5.74) is 7.68. The molecule has 1 aromatic carbocycles. The average Bonchev–Trinajstić information content (AvgIpc) is 2.41. The van der Waals surface area contributed by atoms with E-state index in [9.17, 15) is 5.11 Å². The Kier molecular flexibility index (Phi) is 23.1. The number of phenols is 1. The summed E-state index contributed by atoms with van der Waals surface area (Å²) in [6.07, 6.45) is 2.92. The molecule has 0 heterocycles. The molecule has 0 unspecified atom stereocenters. The van der Waals surface area contributed by atoms with Gasteiger partial charge in [0.25, 0.3) is 0 Å². The van der Waals surface area contributed by atoms with Crippen LogP contribution < -0.4 is 5.11 Å². The van der Waals surface area contributed by atoms with Gasteiger partial charge in [0.1, 0.15) is 5.75 Å². The third kappa shape index (κ3) is 12.4. The second-order valence-electron chi connectivity index (χ2n) is 2.97. The molecular weight excluding hydrogens is 394 g/mol. The van der Waals surface area contributed by atoms with E-state index >= 15 is 0 Å². The molecule has 126 valence electrons. The molecule has 10 heteroatoms. The van der Waals surface area contributed by atoms with Crippen molar-refractivity contribution in [3.8, 4) is 11.5 Å². The molecule has 0 atom stereocenters. The van der Waals surface area contributed by atoms with E-state index in [4.69, 9.17) is 15.9 Å². The summed E-state index contributed by atoms with van der Waals surface area (Å²) in [6.45, 7) is 3.52. The summed E-state index contributed by atoms with van der Waals surface area (Å²) >= 11 is 1.18. The van der Waals surface area contributed by atoms with Gasteiger partial charge in [0, 0.05) is 40.1 Å². The predicted molar refractivity (Wildman–Crippen MR) is 79.1 cm³/mol. The van der Waals surface area contributed by atoms with Gasteiger partial charge in [-0.1, -0.05) is 17.9 Å². The van der Waals surface area contributed by atoms with E-state index < -0.39 is 0 Å². The molecular formula is C12H15MoN3O5S-6. The molecule has 1 rings (SSSR count). The number of amidine groups is 1. The molecule has 0 aliphatic rings. The molecule has 0 bridgehead atoms. The topological polar surface area (TPSA) is 169 Å². The number of nitrogens with one attached hydrogen (secondary N) is 1. The van der Waals surface area contributed by atoms with Gasteiger partial charge in [0.15, 0.2) is 0 Å². The Morgan fingerprint density at radius 3 is 2.50 bits per heavy atom. The first kappa shape index (κ1) is 28.7. The molecule has 22 heavy (non-hydrogen) atoms. The maximum atomic E-state index is 11.3. The van der Waals surface area contributed by atoms with E-state index in [1.165, 1.54) is 30.1 Å². The van der Waals surface area contributed by atoms with Crippen molar-refractivity contribution >= 4 is 23.1 Å². The van der Waals surface area contributed by atoms with E-state index in [0.717, 1.165) is 13.2 Å². The number of hydrogen-bond donors (Lipinski definition) is 2. The van der Waals surface area contributed by atoms with Crippen molar-refractivity contribution in [3.05, 3.63) is 42.2 Å². The van der Waals surface area contributed by atoms with Crippen LogP contribution in [0.5, 0.6) is 11.5 Å². The number of thioether (sulfide) groups is 1. The van der Waals surface area contributed by atoms with Crippen molar-refractivity contribution in [3.63, 3.8) is 0 Å². The van der Waals surface area contributed by atoms with E-state index in [1.54, 1.807) is 6.08 Å². The Morgan fingerprint density at radius 1 is 1.41 bits per heavy atom. The zero-order chi connectivity index (χ0) is 14.7. The molecule has 0 saturated carbocycles. The Hall–Kier alpha value is -1.38. The molecule has 0 fully saturated rings. The van der Waals surface area contributed by atoms with Gasteiger partial charge < -0.3 is 37.1 Å². The minimum absolute atomic E-state index is 0. The standard InChI is InChI=1S/C11H12N3O2S.CH4O.Mo.2O/c1-2-5-17-11(12)14-13-7-8-3-4-9(15)6-10(8)16;1-2;;;/h2-4,6-7H,1,5H2,(H3-,12,13,14,15,16);2H,1H3;;;/q-1;;;2*-2/p-1. The smallest absolute Gasteiger partial charge is 0.115 e. The van der Waals surface area contributed by atoms with Crippen LogP contribution in [0.25, 0.3) is 5.73 Å². The quantitative estimate of drug-likeness (QED) is 0.253. The molecule has 0 amide bonds. The molecule has 0 aliphatic carbocycles.